The van der Waals surface area contributed by atoms with Gasteiger partial charge in [-0.2, -0.15) is 0 Å². The molecule has 4 aromatic heterocycles. The molecular formula is C30H40N2S4Sn2. The summed E-state index contributed by atoms with van der Waals surface area (Å²) >= 11 is 3.11. The maximum absolute atomic E-state index is 5.51. The second-order valence-electron chi connectivity index (χ2n) is 13.4. The second kappa shape index (κ2) is 11.0. The zero-order valence-corrected chi connectivity index (χ0v) is 33.4. The summed E-state index contributed by atoms with van der Waals surface area (Å²) in [5.74, 6) is 1.32. The van der Waals surface area contributed by atoms with Crippen LogP contribution in [0.4, 0.5) is 0 Å². The summed E-state index contributed by atoms with van der Waals surface area (Å²) in [6.45, 7) is 9.25. The number of thiophene rings is 2. The molecule has 0 amide bonds. The molecule has 0 aliphatic carbocycles. The van der Waals surface area contributed by atoms with E-state index in [2.05, 4.69) is 81.6 Å². The number of thiazole rings is 2. The van der Waals surface area contributed by atoms with Gasteiger partial charge >= 0.3 is 255 Å². The monoisotopic (exact) mass is 796 g/mol. The Hall–Kier alpha value is -0.00260. The van der Waals surface area contributed by atoms with Crippen molar-refractivity contribution in [3.05, 3.63) is 34.0 Å². The van der Waals surface area contributed by atoms with Crippen LogP contribution in [0.15, 0.2) is 24.3 Å². The summed E-state index contributed by atoms with van der Waals surface area (Å²) in [7, 11) is 0. The molecule has 0 spiro atoms. The molecule has 0 aliphatic heterocycles. The summed E-state index contributed by atoms with van der Waals surface area (Å²) < 4.78 is 5.57. The maximum atomic E-state index is 5.51. The predicted molar refractivity (Wildman–Crippen MR) is 182 cm³/mol. The van der Waals surface area contributed by atoms with Gasteiger partial charge in [0.15, 0.2) is 0 Å². The Morgan fingerprint density at radius 1 is 0.579 bits per heavy atom. The van der Waals surface area contributed by atoms with Gasteiger partial charge in [0.05, 0.1) is 0 Å². The van der Waals surface area contributed by atoms with Gasteiger partial charge in [0.2, 0.25) is 0 Å². The van der Waals surface area contributed by atoms with Gasteiger partial charge in [0.1, 0.15) is 0 Å². The molecule has 0 N–H and O–H groups in total. The van der Waals surface area contributed by atoms with E-state index in [0.29, 0.717) is 11.8 Å². The molecule has 5 aromatic rings. The van der Waals surface area contributed by atoms with E-state index in [-0.39, 0.29) is 0 Å². The molecule has 0 radical (unpaired) electrons. The van der Waals surface area contributed by atoms with Gasteiger partial charge in [0.25, 0.3) is 0 Å². The van der Waals surface area contributed by atoms with E-state index in [4.69, 9.17) is 9.97 Å². The van der Waals surface area contributed by atoms with Crippen LogP contribution in [0.1, 0.15) is 37.4 Å². The quantitative estimate of drug-likeness (QED) is 0.146. The fraction of sp³-hybridized carbons (Fsp3) is 0.467. The van der Waals surface area contributed by atoms with Crippen LogP contribution in [-0.4, -0.2) is 46.7 Å². The topological polar surface area (TPSA) is 25.8 Å². The first kappa shape index (κ1) is 29.5. The summed E-state index contributed by atoms with van der Waals surface area (Å²) in [5.41, 5.74) is 5.18. The van der Waals surface area contributed by atoms with Gasteiger partial charge in [-0.25, -0.2) is 0 Å². The van der Waals surface area contributed by atoms with Gasteiger partial charge < -0.3 is 0 Å². The van der Waals surface area contributed by atoms with Gasteiger partial charge in [-0.1, -0.05) is 0 Å². The first-order valence-electron chi connectivity index (χ1n) is 13.7. The van der Waals surface area contributed by atoms with Gasteiger partial charge in [0, 0.05) is 0 Å². The minimum absolute atomic E-state index is 0.661. The molecule has 2 nitrogen and oxygen atoms in total. The molecular weight excluding hydrogens is 754 g/mol. The summed E-state index contributed by atoms with van der Waals surface area (Å²) in [4.78, 5) is 31.7. The molecule has 0 saturated heterocycles. The van der Waals surface area contributed by atoms with Crippen molar-refractivity contribution in [2.75, 3.05) is 0 Å². The Morgan fingerprint density at radius 3 is 1.26 bits per heavy atom. The van der Waals surface area contributed by atoms with Crippen LogP contribution >= 0.6 is 45.3 Å². The van der Waals surface area contributed by atoms with E-state index in [1.807, 2.05) is 45.3 Å². The summed E-state index contributed by atoms with van der Waals surface area (Å²) in [6.07, 6.45) is 2.27. The average Bonchev–Trinajstić information content (AvgIpc) is 3.56. The summed E-state index contributed by atoms with van der Waals surface area (Å²) in [6, 6.07) is 9.43. The van der Waals surface area contributed by atoms with Gasteiger partial charge in [-0.15, -0.1) is 0 Å². The van der Waals surface area contributed by atoms with Gasteiger partial charge in [-0.3, -0.25) is 0 Å². The predicted octanol–water partition coefficient (Wildman–Crippen LogP) is 9.85. The number of hydrogen-bond donors (Lipinski definition) is 0. The van der Waals surface area contributed by atoms with Gasteiger partial charge in [-0.05, 0) is 0 Å². The zero-order valence-electron chi connectivity index (χ0n) is 24.4. The van der Waals surface area contributed by atoms with Crippen LogP contribution < -0.4 is 6.05 Å². The second-order valence-corrected chi connectivity index (χ2v) is 48.2. The third kappa shape index (κ3) is 5.96. The molecule has 1 aromatic carbocycles. The Kier molecular flexibility index (Phi) is 8.54. The molecule has 202 valence electrons. The fourth-order valence-corrected chi connectivity index (χ4v) is 19.3. The Labute approximate surface area is 252 Å². The molecule has 5 rings (SSSR count). The van der Waals surface area contributed by atoms with E-state index in [1.165, 1.54) is 57.1 Å². The molecule has 0 saturated carbocycles. The first-order chi connectivity index (χ1) is 17.7. The zero-order chi connectivity index (χ0) is 27.6. The first-order valence-corrected chi connectivity index (χ1v) is 36.9. The van der Waals surface area contributed by atoms with Crippen molar-refractivity contribution in [3.63, 3.8) is 0 Å². The molecule has 0 unspecified atom stereocenters. The van der Waals surface area contributed by atoms with Crippen LogP contribution in [0.2, 0.25) is 29.6 Å². The standard InChI is InChI=1S/C24H22N2S4.6CH3.2Sn/c1-13(2)9-15-5-7-17(29-15)19-21-24(28-11-25-21)20(22-23(19)27-12-26-22)18-8-6-16(30-18)10-14(3)4;;;;;;;;/h5-8,13-14H,9-10H2,1-4H3;6*1H3;;. The number of benzene rings is 1. The molecule has 4 heterocycles. The van der Waals surface area contributed by atoms with Crippen molar-refractivity contribution < 1.29 is 0 Å². The van der Waals surface area contributed by atoms with E-state index >= 15 is 0 Å². The number of rotatable bonds is 8. The SMILES string of the molecule is CC(C)Cc1ccc(-c2c3n[c]([Sn]([CH3])([CH3])[CH3])sc3c(-c3ccc(CC(C)C)s3)c3n[c]([Sn]([CH3])([CH3])[CH3])sc23)s1. The third-order valence-electron chi connectivity index (χ3n) is 6.50. The van der Waals surface area contributed by atoms with Crippen LogP contribution in [0.3, 0.4) is 0 Å². The molecule has 0 fully saturated rings. The number of nitrogens with zero attached hydrogens (tertiary/aromatic N) is 2. The molecule has 0 aliphatic rings. The van der Waals surface area contributed by atoms with Crippen molar-refractivity contribution in [2.45, 2.75) is 70.2 Å². The van der Waals surface area contributed by atoms with Crippen molar-refractivity contribution in [1.82, 2.24) is 9.97 Å². The number of hydrogen-bond acceptors (Lipinski definition) is 6. The Morgan fingerprint density at radius 2 is 0.947 bits per heavy atom. The van der Waals surface area contributed by atoms with E-state index in [1.54, 1.807) is 0 Å². The van der Waals surface area contributed by atoms with Crippen LogP contribution in [0.5, 0.6) is 0 Å². The molecule has 0 atom stereocenters. The van der Waals surface area contributed by atoms with Crippen molar-refractivity contribution in [1.29, 1.82) is 0 Å². The van der Waals surface area contributed by atoms with Crippen molar-refractivity contribution in [3.8, 4) is 20.9 Å². The van der Waals surface area contributed by atoms with Crippen molar-refractivity contribution in [2.24, 2.45) is 11.8 Å². The number of fused-ring (bicyclic) bond motifs is 2. The van der Waals surface area contributed by atoms with E-state index < -0.39 is 36.8 Å². The Balaban J connectivity index is 1.88. The molecule has 8 heteroatoms. The fourth-order valence-electron chi connectivity index (χ4n) is 4.68. The van der Waals surface area contributed by atoms with Crippen LogP contribution in [-0.2, 0) is 12.8 Å². The Bertz CT molecular complexity index is 1430. The van der Waals surface area contributed by atoms with E-state index in [0.717, 1.165) is 12.8 Å². The van der Waals surface area contributed by atoms with Crippen LogP contribution in [0.25, 0.3) is 41.3 Å². The average molecular weight is 794 g/mol. The molecule has 0 bridgehead atoms. The third-order valence-corrected chi connectivity index (χ3v) is 28.4. The van der Waals surface area contributed by atoms with E-state index in [9.17, 15) is 0 Å². The van der Waals surface area contributed by atoms with Crippen LogP contribution in [0, 0.1) is 11.8 Å². The molecule has 38 heavy (non-hydrogen) atoms. The minimum atomic E-state index is -2.40. The van der Waals surface area contributed by atoms with Crippen molar-refractivity contribution >= 4 is 109 Å². The normalized spacial score (nSPS) is 13.2. The number of aromatic nitrogens is 2. The summed E-state index contributed by atoms with van der Waals surface area (Å²) in [5, 5.41) is 0.